The van der Waals surface area contributed by atoms with Crippen LogP contribution in [-0.4, -0.2) is 6.61 Å². The van der Waals surface area contributed by atoms with Gasteiger partial charge >= 0.3 is 0 Å². The van der Waals surface area contributed by atoms with Crippen LogP contribution in [0.4, 0.5) is 0 Å². The summed E-state index contributed by atoms with van der Waals surface area (Å²) in [4.78, 5) is 0. The Balaban J connectivity index is 2.63. The molecule has 0 amide bonds. The van der Waals surface area contributed by atoms with Crippen molar-refractivity contribution >= 4 is 0 Å². The van der Waals surface area contributed by atoms with Crippen LogP contribution in [0, 0.1) is 13.8 Å². The minimum Gasteiger partial charge on any atom is -0.493 e. The van der Waals surface area contributed by atoms with Crippen molar-refractivity contribution in [3.8, 4) is 5.75 Å². The molecule has 0 unspecified atom stereocenters. The molecule has 0 aliphatic carbocycles. The maximum atomic E-state index is 5.80. The summed E-state index contributed by atoms with van der Waals surface area (Å²) in [5.74, 6) is 1.15. The molecule has 0 saturated carbocycles. The van der Waals surface area contributed by atoms with Crippen LogP contribution in [0.25, 0.3) is 0 Å². The Morgan fingerprint density at radius 2 is 1.88 bits per heavy atom. The zero-order chi connectivity index (χ0) is 11.9. The third-order valence-corrected chi connectivity index (χ3v) is 3.48. The van der Waals surface area contributed by atoms with E-state index in [0.717, 1.165) is 18.8 Å². The molecule has 2 rings (SSSR count). The Bertz CT molecular complexity index is 410. The van der Waals surface area contributed by atoms with Crippen LogP contribution in [-0.2, 0) is 11.8 Å². The maximum absolute atomic E-state index is 5.80. The molecule has 1 aliphatic rings. The highest BCUT2D eigenvalue weighted by atomic mass is 16.5. The summed E-state index contributed by atoms with van der Waals surface area (Å²) in [7, 11) is 0. The monoisotopic (exact) mass is 218 g/mol. The average Bonchev–Trinajstić information content (AvgIpc) is 2.22. The Morgan fingerprint density at radius 1 is 1.19 bits per heavy atom. The number of rotatable bonds is 0. The van der Waals surface area contributed by atoms with Gasteiger partial charge in [0.05, 0.1) is 6.61 Å². The molecular formula is C15H22O. The van der Waals surface area contributed by atoms with Crippen molar-refractivity contribution in [3.05, 3.63) is 28.3 Å². The first-order valence-corrected chi connectivity index (χ1v) is 6.17. The Morgan fingerprint density at radius 3 is 2.50 bits per heavy atom. The minimum atomic E-state index is 0.224. The first-order chi connectivity index (χ1) is 7.41. The van der Waals surface area contributed by atoms with Gasteiger partial charge in [0.25, 0.3) is 0 Å². The van der Waals surface area contributed by atoms with E-state index in [2.05, 4.69) is 40.7 Å². The SMILES string of the molecule is Cc1cc(C(C)(C)C)c(C)c2c1OCCC2. The van der Waals surface area contributed by atoms with Gasteiger partial charge in [0, 0.05) is 0 Å². The summed E-state index contributed by atoms with van der Waals surface area (Å²) < 4.78 is 5.80. The lowest BCUT2D eigenvalue weighted by atomic mass is 9.80. The van der Waals surface area contributed by atoms with Gasteiger partial charge in [-0.25, -0.2) is 0 Å². The quantitative estimate of drug-likeness (QED) is 0.641. The fourth-order valence-electron chi connectivity index (χ4n) is 2.67. The zero-order valence-electron chi connectivity index (χ0n) is 11.1. The van der Waals surface area contributed by atoms with Crippen molar-refractivity contribution in [3.63, 3.8) is 0 Å². The lowest BCUT2D eigenvalue weighted by molar-refractivity contribution is 0.285. The van der Waals surface area contributed by atoms with Gasteiger partial charge in [-0.15, -0.1) is 0 Å². The van der Waals surface area contributed by atoms with Crippen molar-refractivity contribution in [1.82, 2.24) is 0 Å². The fraction of sp³-hybridized carbons (Fsp3) is 0.600. The van der Waals surface area contributed by atoms with Crippen LogP contribution >= 0.6 is 0 Å². The summed E-state index contributed by atoms with van der Waals surface area (Å²) in [5, 5.41) is 0. The lowest BCUT2D eigenvalue weighted by Gasteiger charge is -2.28. The summed E-state index contributed by atoms with van der Waals surface area (Å²) in [5.41, 5.74) is 5.87. The molecular weight excluding hydrogens is 196 g/mol. The molecule has 1 heteroatoms. The Hall–Kier alpha value is -0.980. The van der Waals surface area contributed by atoms with Gasteiger partial charge in [-0.3, -0.25) is 0 Å². The van der Waals surface area contributed by atoms with Gasteiger partial charge in [0.2, 0.25) is 0 Å². The molecule has 1 heterocycles. The topological polar surface area (TPSA) is 9.23 Å². The van der Waals surface area contributed by atoms with E-state index in [4.69, 9.17) is 4.74 Å². The molecule has 0 fully saturated rings. The van der Waals surface area contributed by atoms with E-state index < -0.39 is 0 Å². The number of hydrogen-bond acceptors (Lipinski definition) is 1. The van der Waals surface area contributed by atoms with Crippen molar-refractivity contribution in [2.45, 2.75) is 52.9 Å². The molecule has 0 spiro atoms. The van der Waals surface area contributed by atoms with Crippen LogP contribution in [0.2, 0.25) is 0 Å². The van der Waals surface area contributed by atoms with E-state index in [1.807, 2.05) is 0 Å². The predicted octanol–water partition coefficient (Wildman–Crippen LogP) is 3.93. The predicted molar refractivity (Wildman–Crippen MR) is 68.4 cm³/mol. The summed E-state index contributed by atoms with van der Waals surface area (Å²) in [6.45, 7) is 12.1. The van der Waals surface area contributed by atoms with Gasteiger partial charge in [0.15, 0.2) is 0 Å². The second kappa shape index (κ2) is 3.80. The highest BCUT2D eigenvalue weighted by Crippen LogP contribution is 2.37. The van der Waals surface area contributed by atoms with Crippen molar-refractivity contribution < 1.29 is 4.74 Å². The molecule has 88 valence electrons. The van der Waals surface area contributed by atoms with Crippen LogP contribution < -0.4 is 4.74 Å². The number of benzene rings is 1. The zero-order valence-corrected chi connectivity index (χ0v) is 11.1. The molecule has 1 aromatic carbocycles. The number of hydrogen-bond donors (Lipinski definition) is 0. The van der Waals surface area contributed by atoms with E-state index in [-0.39, 0.29) is 5.41 Å². The van der Waals surface area contributed by atoms with Crippen LogP contribution in [0.5, 0.6) is 5.75 Å². The third-order valence-electron chi connectivity index (χ3n) is 3.48. The Kier molecular flexibility index (Phi) is 2.73. The first kappa shape index (κ1) is 11.5. The van der Waals surface area contributed by atoms with Crippen LogP contribution in [0.15, 0.2) is 6.07 Å². The van der Waals surface area contributed by atoms with Gasteiger partial charge in [-0.05, 0) is 54.4 Å². The highest BCUT2D eigenvalue weighted by Gasteiger charge is 2.23. The molecule has 0 saturated heterocycles. The van der Waals surface area contributed by atoms with E-state index in [1.165, 1.54) is 28.7 Å². The second-order valence-corrected chi connectivity index (χ2v) is 5.88. The van der Waals surface area contributed by atoms with Crippen molar-refractivity contribution in [2.24, 2.45) is 0 Å². The molecule has 0 aromatic heterocycles. The number of fused-ring (bicyclic) bond motifs is 1. The Labute approximate surface area is 98.8 Å². The lowest BCUT2D eigenvalue weighted by Crippen LogP contribution is -2.18. The largest absolute Gasteiger partial charge is 0.493 e. The molecule has 16 heavy (non-hydrogen) atoms. The molecule has 0 bridgehead atoms. The highest BCUT2D eigenvalue weighted by molar-refractivity contribution is 5.52. The normalized spacial score (nSPS) is 15.6. The standard InChI is InChI=1S/C15H22O/c1-10-9-13(15(3,4)5)11(2)12-7-6-8-16-14(10)12/h9H,6-8H2,1-5H3. The molecule has 0 radical (unpaired) electrons. The van der Waals surface area contributed by atoms with Gasteiger partial charge in [-0.2, -0.15) is 0 Å². The van der Waals surface area contributed by atoms with Gasteiger partial charge < -0.3 is 4.74 Å². The molecule has 0 atom stereocenters. The van der Waals surface area contributed by atoms with E-state index in [9.17, 15) is 0 Å². The maximum Gasteiger partial charge on any atom is 0.125 e. The van der Waals surface area contributed by atoms with Crippen LogP contribution in [0.3, 0.4) is 0 Å². The summed E-state index contributed by atoms with van der Waals surface area (Å²) >= 11 is 0. The van der Waals surface area contributed by atoms with E-state index >= 15 is 0 Å². The molecule has 1 aliphatic heterocycles. The van der Waals surface area contributed by atoms with E-state index in [1.54, 1.807) is 0 Å². The molecule has 1 nitrogen and oxygen atoms in total. The second-order valence-electron chi connectivity index (χ2n) is 5.88. The number of ether oxygens (including phenoxy) is 1. The molecule has 0 N–H and O–H groups in total. The minimum absolute atomic E-state index is 0.224. The third kappa shape index (κ3) is 1.83. The smallest absolute Gasteiger partial charge is 0.125 e. The first-order valence-electron chi connectivity index (χ1n) is 6.17. The number of aryl methyl sites for hydroxylation is 1. The summed E-state index contributed by atoms with van der Waals surface area (Å²) in [6.07, 6.45) is 2.33. The fourth-order valence-corrected chi connectivity index (χ4v) is 2.67. The van der Waals surface area contributed by atoms with Gasteiger partial charge in [0.1, 0.15) is 5.75 Å². The molecule has 1 aromatic rings. The van der Waals surface area contributed by atoms with Crippen molar-refractivity contribution in [1.29, 1.82) is 0 Å². The van der Waals surface area contributed by atoms with E-state index in [0.29, 0.717) is 0 Å². The van der Waals surface area contributed by atoms with Crippen LogP contribution in [0.1, 0.15) is 49.4 Å². The van der Waals surface area contributed by atoms with Gasteiger partial charge in [-0.1, -0.05) is 26.8 Å². The summed E-state index contributed by atoms with van der Waals surface area (Å²) in [6, 6.07) is 2.31. The average molecular weight is 218 g/mol. The van der Waals surface area contributed by atoms with Crippen molar-refractivity contribution in [2.75, 3.05) is 6.61 Å².